The third kappa shape index (κ3) is 2.78. The average molecular weight is 328 g/mol. The van der Waals surface area contributed by atoms with Crippen molar-refractivity contribution < 1.29 is 13.9 Å². The summed E-state index contributed by atoms with van der Waals surface area (Å²) in [5.74, 6) is -0.677. The molecule has 1 aliphatic heterocycles. The van der Waals surface area contributed by atoms with Crippen LogP contribution >= 0.6 is 22.9 Å². The molecule has 3 nitrogen and oxygen atoms in total. The fourth-order valence-electron chi connectivity index (χ4n) is 2.58. The molecule has 0 spiro atoms. The number of hydrogen-bond donors (Lipinski definition) is 1. The Hall–Kier alpha value is -1.17. The van der Waals surface area contributed by atoms with Crippen LogP contribution in [0.4, 0.5) is 4.39 Å². The Morgan fingerprint density at radius 1 is 1.57 bits per heavy atom. The van der Waals surface area contributed by atoms with Crippen LogP contribution in [0, 0.1) is 5.82 Å². The lowest BCUT2D eigenvalue weighted by atomic mass is 10.1. The number of thiophene rings is 1. The molecule has 1 aromatic heterocycles. The Balaban J connectivity index is 1.84. The second-order valence-electron chi connectivity index (χ2n) is 5.17. The number of carbonyl (C=O) groups is 1. The zero-order valence-corrected chi connectivity index (χ0v) is 13.1. The van der Waals surface area contributed by atoms with Crippen molar-refractivity contribution in [3.8, 4) is 0 Å². The lowest BCUT2D eigenvalue weighted by Gasteiger charge is -2.19. The standard InChI is InChI=1S/C15H15ClFNO2S/c1-8(10-5-3-7-20-10)18-15(19)14-13(16)12-9(17)4-2-6-11(12)21-14/h2,4,6,8,10H,3,5,7H2,1H3,(H,18,19)/t8-,10-/m1/s1. The van der Waals surface area contributed by atoms with Gasteiger partial charge in [-0.1, -0.05) is 17.7 Å². The summed E-state index contributed by atoms with van der Waals surface area (Å²) < 4.78 is 20.0. The molecular weight excluding hydrogens is 313 g/mol. The van der Waals surface area contributed by atoms with Crippen molar-refractivity contribution in [3.05, 3.63) is 33.9 Å². The maximum absolute atomic E-state index is 13.8. The van der Waals surface area contributed by atoms with E-state index >= 15 is 0 Å². The van der Waals surface area contributed by atoms with Crippen LogP contribution in [0.3, 0.4) is 0 Å². The minimum absolute atomic E-state index is 0.0406. The quantitative estimate of drug-likeness (QED) is 0.925. The van der Waals surface area contributed by atoms with Gasteiger partial charge in [-0.05, 0) is 31.9 Å². The Kier molecular flexibility index (Phi) is 4.15. The first-order valence-electron chi connectivity index (χ1n) is 6.87. The van der Waals surface area contributed by atoms with Gasteiger partial charge < -0.3 is 10.1 Å². The van der Waals surface area contributed by atoms with Crippen LogP contribution < -0.4 is 5.32 Å². The van der Waals surface area contributed by atoms with Gasteiger partial charge in [0.2, 0.25) is 0 Å². The summed E-state index contributed by atoms with van der Waals surface area (Å²) in [7, 11) is 0. The summed E-state index contributed by atoms with van der Waals surface area (Å²) in [5.41, 5.74) is 0. The van der Waals surface area contributed by atoms with Crippen LogP contribution in [-0.2, 0) is 4.74 Å². The number of carbonyl (C=O) groups excluding carboxylic acids is 1. The van der Waals surface area contributed by atoms with E-state index < -0.39 is 5.82 Å². The molecular formula is C15H15ClFNO2S. The molecule has 2 atom stereocenters. The molecule has 0 unspecified atom stereocenters. The molecule has 2 aromatic rings. The molecule has 1 aliphatic rings. The Morgan fingerprint density at radius 2 is 2.38 bits per heavy atom. The van der Waals surface area contributed by atoms with Crippen LogP contribution in [0.1, 0.15) is 29.4 Å². The first-order chi connectivity index (χ1) is 10.1. The van der Waals surface area contributed by atoms with Crippen molar-refractivity contribution in [2.24, 2.45) is 0 Å². The molecule has 0 aliphatic carbocycles. The summed E-state index contributed by atoms with van der Waals surface area (Å²) in [5, 5.41) is 3.40. The number of ether oxygens (including phenoxy) is 1. The van der Waals surface area contributed by atoms with Gasteiger partial charge in [-0.25, -0.2) is 4.39 Å². The molecule has 0 saturated carbocycles. The van der Waals surface area contributed by atoms with E-state index in [2.05, 4.69) is 5.32 Å². The topological polar surface area (TPSA) is 38.3 Å². The number of fused-ring (bicyclic) bond motifs is 1. The first kappa shape index (κ1) is 14.8. The van der Waals surface area contributed by atoms with Crippen molar-refractivity contribution in [1.82, 2.24) is 5.32 Å². The molecule has 1 amide bonds. The van der Waals surface area contributed by atoms with E-state index in [0.717, 1.165) is 19.4 Å². The van der Waals surface area contributed by atoms with E-state index in [1.807, 2.05) is 6.92 Å². The van der Waals surface area contributed by atoms with Crippen LogP contribution in [0.25, 0.3) is 10.1 Å². The Morgan fingerprint density at radius 3 is 3.05 bits per heavy atom. The van der Waals surface area contributed by atoms with Crippen LogP contribution in [-0.4, -0.2) is 24.7 Å². The number of rotatable bonds is 3. The van der Waals surface area contributed by atoms with Crippen molar-refractivity contribution >= 4 is 38.9 Å². The van der Waals surface area contributed by atoms with Crippen molar-refractivity contribution in [2.45, 2.75) is 31.9 Å². The smallest absolute Gasteiger partial charge is 0.263 e. The average Bonchev–Trinajstić information content (AvgIpc) is 3.07. The molecule has 112 valence electrons. The second kappa shape index (κ2) is 5.91. The number of hydrogen-bond acceptors (Lipinski definition) is 3. The summed E-state index contributed by atoms with van der Waals surface area (Å²) in [6.45, 7) is 2.65. The van der Waals surface area contributed by atoms with Crippen molar-refractivity contribution in [2.75, 3.05) is 6.61 Å². The van der Waals surface area contributed by atoms with Gasteiger partial charge in [0.05, 0.1) is 17.2 Å². The van der Waals surface area contributed by atoms with Gasteiger partial charge in [-0.2, -0.15) is 0 Å². The number of nitrogens with one attached hydrogen (secondary N) is 1. The fourth-order valence-corrected chi connectivity index (χ4v) is 4.04. The van der Waals surface area contributed by atoms with Gasteiger partial charge in [0.15, 0.2) is 0 Å². The zero-order valence-electron chi connectivity index (χ0n) is 11.5. The summed E-state index contributed by atoms with van der Waals surface area (Å²) in [4.78, 5) is 12.7. The van der Waals surface area contributed by atoms with E-state index in [1.54, 1.807) is 12.1 Å². The van der Waals surface area contributed by atoms with E-state index in [1.165, 1.54) is 17.4 Å². The Bertz CT molecular complexity index is 682. The molecule has 1 saturated heterocycles. The third-order valence-corrected chi connectivity index (χ3v) is 5.34. The van der Waals surface area contributed by atoms with E-state index in [-0.39, 0.29) is 23.1 Å². The molecule has 6 heteroatoms. The molecule has 1 N–H and O–H groups in total. The second-order valence-corrected chi connectivity index (χ2v) is 6.60. The monoisotopic (exact) mass is 327 g/mol. The molecule has 0 radical (unpaired) electrons. The SMILES string of the molecule is C[C@@H](NC(=O)c1sc2cccc(F)c2c1Cl)[C@H]1CCCO1. The van der Waals surface area contributed by atoms with E-state index in [9.17, 15) is 9.18 Å². The van der Waals surface area contributed by atoms with Crippen LogP contribution in [0.15, 0.2) is 18.2 Å². The summed E-state index contributed by atoms with van der Waals surface area (Å²) >= 11 is 7.38. The minimum Gasteiger partial charge on any atom is -0.376 e. The minimum atomic E-state index is -0.403. The number of amides is 1. The Labute approximate surface area is 131 Å². The van der Waals surface area contributed by atoms with E-state index in [0.29, 0.717) is 15.0 Å². The van der Waals surface area contributed by atoms with Crippen LogP contribution in [0.2, 0.25) is 5.02 Å². The molecule has 21 heavy (non-hydrogen) atoms. The fraction of sp³-hybridized carbons (Fsp3) is 0.400. The van der Waals surface area contributed by atoms with Gasteiger partial charge >= 0.3 is 0 Å². The molecule has 1 fully saturated rings. The van der Waals surface area contributed by atoms with Gasteiger partial charge in [0.1, 0.15) is 10.7 Å². The summed E-state index contributed by atoms with van der Waals surface area (Å²) in [6, 6.07) is 4.62. The lowest BCUT2D eigenvalue weighted by Crippen LogP contribution is -2.40. The molecule has 2 heterocycles. The largest absolute Gasteiger partial charge is 0.376 e. The predicted molar refractivity (Wildman–Crippen MR) is 82.7 cm³/mol. The van der Waals surface area contributed by atoms with Crippen molar-refractivity contribution in [1.29, 1.82) is 0 Å². The van der Waals surface area contributed by atoms with Crippen LogP contribution in [0.5, 0.6) is 0 Å². The summed E-state index contributed by atoms with van der Waals surface area (Å²) in [6.07, 6.45) is 1.99. The third-order valence-electron chi connectivity index (χ3n) is 3.69. The predicted octanol–water partition coefficient (Wildman–Crippen LogP) is 3.99. The van der Waals surface area contributed by atoms with Crippen molar-refractivity contribution in [3.63, 3.8) is 0 Å². The number of benzene rings is 1. The maximum atomic E-state index is 13.8. The highest BCUT2D eigenvalue weighted by Gasteiger charge is 2.26. The molecule has 1 aromatic carbocycles. The highest BCUT2D eigenvalue weighted by molar-refractivity contribution is 7.21. The van der Waals surface area contributed by atoms with Gasteiger partial charge in [-0.3, -0.25) is 4.79 Å². The first-order valence-corrected chi connectivity index (χ1v) is 8.06. The van der Waals surface area contributed by atoms with Gasteiger partial charge in [0, 0.05) is 16.7 Å². The highest BCUT2D eigenvalue weighted by atomic mass is 35.5. The molecule has 0 bridgehead atoms. The molecule has 3 rings (SSSR count). The van der Waals surface area contributed by atoms with Gasteiger partial charge in [-0.15, -0.1) is 11.3 Å². The number of halogens is 2. The normalized spacial score (nSPS) is 19.9. The zero-order chi connectivity index (χ0) is 15.0. The van der Waals surface area contributed by atoms with E-state index in [4.69, 9.17) is 16.3 Å². The highest BCUT2D eigenvalue weighted by Crippen LogP contribution is 2.36. The lowest BCUT2D eigenvalue weighted by molar-refractivity contribution is 0.0715. The van der Waals surface area contributed by atoms with Gasteiger partial charge in [0.25, 0.3) is 5.91 Å². The maximum Gasteiger partial charge on any atom is 0.263 e.